The molecule has 0 unspecified atom stereocenters. The van der Waals surface area contributed by atoms with Crippen LogP contribution >= 0.6 is 0 Å². The van der Waals surface area contributed by atoms with E-state index in [4.69, 9.17) is 0 Å². The van der Waals surface area contributed by atoms with Gasteiger partial charge in [-0.15, -0.1) is 0 Å². The molecule has 0 aliphatic heterocycles. The number of benzene rings is 1. The van der Waals surface area contributed by atoms with Gasteiger partial charge in [0, 0.05) is 0 Å². The number of allylic oxidation sites excluding steroid dienone is 2. The highest BCUT2D eigenvalue weighted by atomic mass is 19.2. The Kier molecular flexibility index (Phi) is 7.37. The minimum atomic E-state index is -1.37. The second-order valence-corrected chi connectivity index (χ2v) is 8.39. The summed E-state index contributed by atoms with van der Waals surface area (Å²) >= 11 is 0. The Bertz CT molecular complexity index is 600. The fourth-order valence-corrected chi connectivity index (χ4v) is 5.20. The molecule has 0 aromatic heterocycles. The van der Waals surface area contributed by atoms with Gasteiger partial charge < -0.3 is 0 Å². The van der Waals surface area contributed by atoms with Crippen LogP contribution in [0.2, 0.25) is 0 Å². The van der Waals surface area contributed by atoms with Crippen molar-refractivity contribution in [3.8, 4) is 0 Å². The van der Waals surface area contributed by atoms with Crippen LogP contribution in [0.25, 0.3) is 0 Å². The molecule has 0 saturated heterocycles. The molecule has 1 aromatic carbocycles. The minimum absolute atomic E-state index is 0.143. The molecule has 0 atom stereocenters. The average Bonchev–Trinajstić information content (AvgIpc) is 2.70. The molecule has 150 valence electrons. The first-order chi connectivity index (χ1) is 13.1. The van der Waals surface area contributed by atoms with Crippen molar-refractivity contribution >= 4 is 0 Å². The fraction of sp³-hybridized carbons (Fsp3) is 0.652. The molecule has 0 spiro atoms. The van der Waals surface area contributed by atoms with Gasteiger partial charge in [-0.1, -0.05) is 25.0 Å². The molecule has 0 amide bonds. The van der Waals surface area contributed by atoms with Crippen LogP contribution < -0.4 is 0 Å². The number of alkyl halides is 1. The molecule has 2 aliphatic carbocycles. The highest BCUT2D eigenvalue weighted by molar-refractivity contribution is 5.23. The Labute approximate surface area is 160 Å². The number of rotatable bonds is 6. The molecule has 1 aromatic rings. The molecule has 0 heterocycles. The van der Waals surface area contributed by atoms with Gasteiger partial charge in [0.1, 0.15) is 6.67 Å². The third-order valence-corrected chi connectivity index (χ3v) is 6.80. The summed E-state index contributed by atoms with van der Waals surface area (Å²) in [5, 5.41) is 0. The summed E-state index contributed by atoms with van der Waals surface area (Å²) in [6.45, 7) is -0.368. The lowest BCUT2D eigenvalue weighted by atomic mass is 9.68. The molecule has 3 rings (SSSR count). The van der Waals surface area contributed by atoms with Crippen molar-refractivity contribution < 1.29 is 17.6 Å². The third-order valence-electron chi connectivity index (χ3n) is 6.80. The smallest absolute Gasteiger partial charge is 0.194 e. The van der Waals surface area contributed by atoms with Crippen molar-refractivity contribution in [1.82, 2.24) is 0 Å². The Morgan fingerprint density at radius 1 is 0.778 bits per heavy atom. The predicted molar refractivity (Wildman–Crippen MR) is 101 cm³/mol. The standard InChI is InChI=1S/C23H30F4/c24-13-3-1-2-4-16-5-7-17(8-6-16)18-9-11-19(12-10-18)20-14-21(25)23(27)22(26)15-20/h1,3,14-19H,2,4-13H2/b3-1+/t16-,17-,18?,19?. The van der Waals surface area contributed by atoms with Gasteiger partial charge in [-0.25, -0.2) is 17.6 Å². The van der Waals surface area contributed by atoms with E-state index in [2.05, 4.69) is 0 Å². The highest BCUT2D eigenvalue weighted by Crippen LogP contribution is 2.44. The van der Waals surface area contributed by atoms with Crippen LogP contribution in [0.1, 0.15) is 75.7 Å². The normalized spacial score (nSPS) is 29.3. The zero-order valence-corrected chi connectivity index (χ0v) is 15.9. The predicted octanol–water partition coefficient (Wildman–Crippen LogP) is 7.49. The molecule has 2 aliphatic rings. The van der Waals surface area contributed by atoms with E-state index in [-0.39, 0.29) is 12.6 Å². The van der Waals surface area contributed by atoms with E-state index in [1.165, 1.54) is 37.8 Å². The second kappa shape index (κ2) is 9.75. The summed E-state index contributed by atoms with van der Waals surface area (Å²) in [6.07, 6.45) is 14.8. The molecule has 2 fully saturated rings. The van der Waals surface area contributed by atoms with E-state index in [1.54, 1.807) is 6.08 Å². The minimum Gasteiger partial charge on any atom is -0.247 e. The number of hydrogen-bond donors (Lipinski definition) is 0. The Balaban J connectivity index is 1.44. The maximum absolute atomic E-state index is 13.5. The SMILES string of the molecule is FC/C=C/CC[C@H]1CC[C@H](C2CCC(c3cc(F)c(F)c(F)c3)CC2)CC1. The molecular weight excluding hydrogens is 352 g/mol. The zero-order chi connectivity index (χ0) is 19.2. The van der Waals surface area contributed by atoms with Gasteiger partial charge in [0.25, 0.3) is 0 Å². The molecule has 27 heavy (non-hydrogen) atoms. The van der Waals surface area contributed by atoms with Gasteiger partial charge in [0.2, 0.25) is 0 Å². The van der Waals surface area contributed by atoms with Crippen LogP contribution in [-0.4, -0.2) is 6.67 Å². The molecule has 0 bridgehead atoms. The van der Waals surface area contributed by atoms with E-state index >= 15 is 0 Å². The summed E-state index contributed by atoms with van der Waals surface area (Å²) in [6, 6.07) is 2.35. The Morgan fingerprint density at radius 3 is 1.89 bits per heavy atom. The van der Waals surface area contributed by atoms with Crippen LogP contribution in [0.4, 0.5) is 17.6 Å². The van der Waals surface area contributed by atoms with Crippen LogP contribution in [-0.2, 0) is 0 Å². The zero-order valence-electron chi connectivity index (χ0n) is 15.9. The quantitative estimate of drug-likeness (QED) is 0.272. The van der Waals surface area contributed by atoms with E-state index in [1.807, 2.05) is 6.08 Å². The summed E-state index contributed by atoms with van der Waals surface area (Å²) in [5.74, 6) is -1.13. The molecular formula is C23H30F4. The van der Waals surface area contributed by atoms with Crippen LogP contribution in [0.5, 0.6) is 0 Å². The monoisotopic (exact) mass is 382 g/mol. The van der Waals surface area contributed by atoms with Crippen LogP contribution in [0, 0.1) is 35.2 Å². The maximum atomic E-state index is 13.5. The van der Waals surface area contributed by atoms with Gasteiger partial charge in [0.15, 0.2) is 17.5 Å². The largest absolute Gasteiger partial charge is 0.247 e. The third kappa shape index (κ3) is 5.36. The van der Waals surface area contributed by atoms with Gasteiger partial charge in [-0.05, 0) is 92.7 Å². The lowest BCUT2D eigenvalue weighted by Gasteiger charge is -2.38. The van der Waals surface area contributed by atoms with Crippen molar-refractivity contribution in [2.75, 3.05) is 6.67 Å². The molecule has 0 radical (unpaired) electrons. The topological polar surface area (TPSA) is 0 Å². The summed E-state index contributed by atoms with van der Waals surface area (Å²) in [4.78, 5) is 0. The maximum Gasteiger partial charge on any atom is 0.194 e. The lowest BCUT2D eigenvalue weighted by Crippen LogP contribution is -2.25. The molecule has 0 N–H and O–H groups in total. The van der Waals surface area contributed by atoms with Crippen LogP contribution in [0.15, 0.2) is 24.3 Å². The van der Waals surface area contributed by atoms with Crippen molar-refractivity contribution in [1.29, 1.82) is 0 Å². The van der Waals surface area contributed by atoms with E-state index < -0.39 is 17.5 Å². The summed E-state index contributed by atoms with van der Waals surface area (Å²) in [5.41, 5.74) is 0.606. The Hall–Kier alpha value is -1.32. The van der Waals surface area contributed by atoms with Crippen molar-refractivity contribution in [3.05, 3.63) is 47.3 Å². The second-order valence-electron chi connectivity index (χ2n) is 8.39. The average molecular weight is 382 g/mol. The number of halogens is 4. The van der Waals surface area contributed by atoms with E-state index in [9.17, 15) is 17.6 Å². The first kappa shape index (κ1) is 20.4. The molecule has 4 heteroatoms. The van der Waals surface area contributed by atoms with Crippen molar-refractivity contribution in [3.63, 3.8) is 0 Å². The van der Waals surface area contributed by atoms with Crippen molar-refractivity contribution in [2.24, 2.45) is 17.8 Å². The number of hydrogen-bond acceptors (Lipinski definition) is 0. The van der Waals surface area contributed by atoms with Gasteiger partial charge in [0.05, 0.1) is 0 Å². The first-order valence-electron chi connectivity index (χ1n) is 10.4. The summed E-state index contributed by atoms with van der Waals surface area (Å²) in [7, 11) is 0. The van der Waals surface area contributed by atoms with Crippen LogP contribution in [0.3, 0.4) is 0 Å². The fourth-order valence-electron chi connectivity index (χ4n) is 5.20. The van der Waals surface area contributed by atoms with Gasteiger partial charge in [-0.2, -0.15) is 0 Å². The first-order valence-corrected chi connectivity index (χ1v) is 10.4. The highest BCUT2D eigenvalue weighted by Gasteiger charge is 2.31. The van der Waals surface area contributed by atoms with Crippen molar-refractivity contribution in [2.45, 2.75) is 70.1 Å². The Morgan fingerprint density at radius 2 is 1.33 bits per heavy atom. The molecule has 0 nitrogen and oxygen atoms in total. The van der Waals surface area contributed by atoms with E-state index in [0.717, 1.165) is 50.4 Å². The van der Waals surface area contributed by atoms with Gasteiger partial charge >= 0.3 is 0 Å². The van der Waals surface area contributed by atoms with Gasteiger partial charge in [-0.3, -0.25) is 0 Å². The summed E-state index contributed by atoms with van der Waals surface area (Å²) < 4.78 is 52.2. The lowest BCUT2D eigenvalue weighted by molar-refractivity contribution is 0.157. The molecule has 2 saturated carbocycles. The van der Waals surface area contributed by atoms with E-state index in [0.29, 0.717) is 11.5 Å².